The maximum absolute atomic E-state index is 11.8. The minimum atomic E-state index is 0.153. The number of amides is 1. The van der Waals surface area contributed by atoms with E-state index in [9.17, 15) is 4.79 Å². The summed E-state index contributed by atoms with van der Waals surface area (Å²) in [6.45, 7) is 2.11. The maximum Gasteiger partial charge on any atom is 0.241 e. The summed E-state index contributed by atoms with van der Waals surface area (Å²) in [7, 11) is 1.85. The largest absolute Gasteiger partial charge is 0.397 e. The molecule has 0 radical (unpaired) electrons. The van der Waals surface area contributed by atoms with Gasteiger partial charge in [0.1, 0.15) is 0 Å². The van der Waals surface area contributed by atoms with Crippen molar-refractivity contribution in [2.24, 2.45) is 0 Å². The minimum absolute atomic E-state index is 0.153. The van der Waals surface area contributed by atoms with E-state index < -0.39 is 0 Å². The fourth-order valence-corrected chi connectivity index (χ4v) is 2.52. The summed E-state index contributed by atoms with van der Waals surface area (Å²) in [5.41, 5.74) is 7.72. The number of hydrogen-bond acceptors (Lipinski definition) is 3. The molecule has 1 aromatic rings. The van der Waals surface area contributed by atoms with Gasteiger partial charge in [-0.2, -0.15) is 0 Å². The van der Waals surface area contributed by atoms with Crippen molar-refractivity contribution >= 4 is 39.9 Å². The highest BCUT2D eigenvalue weighted by Crippen LogP contribution is 2.26. The highest BCUT2D eigenvalue weighted by Gasteiger charge is 2.20. The zero-order chi connectivity index (χ0) is 12.4. The van der Waals surface area contributed by atoms with E-state index in [4.69, 9.17) is 5.73 Å². The molecule has 0 aliphatic carbocycles. The van der Waals surface area contributed by atoms with E-state index in [-0.39, 0.29) is 5.91 Å². The molecule has 1 aliphatic heterocycles. The Bertz CT molecular complexity index is 436. The van der Waals surface area contributed by atoms with Crippen molar-refractivity contribution in [3.8, 4) is 0 Å². The number of halogens is 1. The Hall–Kier alpha value is -0.980. The van der Waals surface area contributed by atoms with Gasteiger partial charge in [-0.3, -0.25) is 4.79 Å². The summed E-state index contributed by atoms with van der Waals surface area (Å²) in [6.07, 6.45) is 0.980. The molecule has 0 saturated carbocycles. The number of hydrogen-bond donors (Lipinski definition) is 1. The van der Waals surface area contributed by atoms with Gasteiger partial charge in [-0.25, -0.2) is 0 Å². The zero-order valence-electron chi connectivity index (χ0n) is 9.82. The molecule has 0 atom stereocenters. The molecule has 0 bridgehead atoms. The Morgan fingerprint density at radius 1 is 1.35 bits per heavy atom. The van der Waals surface area contributed by atoms with Gasteiger partial charge in [-0.15, -0.1) is 0 Å². The van der Waals surface area contributed by atoms with Gasteiger partial charge in [0.2, 0.25) is 5.91 Å². The highest BCUT2D eigenvalue weighted by atomic mass is 127. The molecule has 0 unspecified atom stereocenters. The van der Waals surface area contributed by atoms with Crippen LogP contribution in [0.15, 0.2) is 18.2 Å². The van der Waals surface area contributed by atoms with Crippen LogP contribution in [0.25, 0.3) is 0 Å². The van der Waals surface area contributed by atoms with Crippen LogP contribution in [0.4, 0.5) is 11.4 Å². The summed E-state index contributed by atoms with van der Waals surface area (Å²) < 4.78 is 1.11. The number of likely N-dealkylation sites (N-methyl/N-ethyl adjacent to an activating group) is 1. The molecule has 1 aromatic carbocycles. The summed E-state index contributed by atoms with van der Waals surface area (Å²) >= 11 is 2.23. The molecular weight excluding hydrogens is 329 g/mol. The van der Waals surface area contributed by atoms with Crippen molar-refractivity contribution in [2.45, 2.75) is 6.42 Å². The monoisotopic (exact) mass is 345 g/mol. The average Bonchev–Trinajstić information content (AvgIpc) is 2.42. The lowest BCUT2D eigenvalue weighted by atomic mass is 10.2. The summed E-state index contributed by atoms with van der Waals surface area (Å²) in [4.78, 5) is 15.7. The van der Waals surface area contributed by atoms with Gasteiger partial charge in [0, 0.05) is 23.7 Å². The predicted octanol–water partition coefficient (Wildman–Crippen LogP) is 1.54. The topological polar surface area (TPSA) is 49.6 Å². The van der Waals surface area contributed by atoms with Crippen LogP contribution in [-0.4, -0.2) is 37.5 Å². The molecule has 92 valence electrons. The number of nitrogens with two attached hydrogens (primary N) is 1. The third-order valence-electron chi connectivity index (χ3n) is 3.00. The Morgan fingerprint density at radius 3 is 2.82 bits per heavy atom. The van der Waals surface area contributed by atoms with Crippen molar-refractivity contribution in [3.63, 3.8) is 0 Å². The first kappa shape index (κ1) is 12.5. The Labute approximate surface area is 115 Å². The molecule has 1 saturated heterocycles. The van der Waals surface area contributed by atoms with Crippen LogP contribution in [0.3, 0.4) is 0 Å². The molecule has 17 heavy (non-hydrogen) atoms. The number of benzene rings is 1. The van der Waals surface area contributed by atoms with E-state index in [0.717, 1.165) is 34.5 Å². The molecule has 0 aromatic heterocycles. The van der Waals surface area contributed by atoms with Crippen molar-refractivity contribution in [1.29, 1.82) is 0 Å². The van der Waals surface area contributed by atoms with Crippen molar-refractivity contribution in [1.82, 2.24) is 4.90 Å². The van der Waals surface area contributed by atoms with Gasteiger partial charge in [0.05, 0.1) is 17.9 Å². The van der Waals surface area contributed by atoms with Gasteiger partial charge in [0.15, 0.2) is 0 Å². The Morgan fingerprint density at radius 2 is 2.12 bits per heavy atom. The van der Waals surface area contributed by atoms with E-state index in [2.05, 4.69) is 27.5 Å². The predicted molar refractivity (Wildman–Crippen MR) is 78.0 cm³/mol. The van der Waals surface area contributed by atoms with Gasteiger partial charge in [-0.1, -0.05) is 0 Å². The molecule has 2 rings (SSSR count). The van der Waals surface area contributed by atoms with Crippen LogP contribution >= 0.6 is 22.6 Å². The molecular formula is C12H16IN3O. The first-order valence-corrected chi connectivity index (χ1v) is 6.70. The highest BCUT2D eigenvalue weighted by molar-refractivity contribution is 14.1. The first-order valence-electron chi connectivity index (χ1n) is 5.62. The van der Waals surface area contributed by atoms with Crippen molar-refractivity contribution in [3.05, 3.63) is 21.8 Å². The van der Waals surface area contributed by atoms with Gasteiger partial charge < -0.3 is 15.5 Å². The van der Waals surface area contributed by atoms with E-state index >= 15 is 0 Å². The van der Waals surface area contributed by atoms with Crippen LogP contribution < -0.4 is 10.6 Å². The molecule has 5 heteroatoms. The number of nitrogens with zero attached hydrogens (tertiary/aromatic N) is 2. The lowest BCUT2D eigenvalue weighted by molar-refractivity contribution is -0.127. The van der Waals surface area contributed by atoms with Gasteiger partial charge in [0.25, 0.3) is 0 Å². The fraction of sp³-hybridized carbons (Fsp3) is 0.417. The normalized spacial score (nSPS) is 17.2. The number of carbonyl (C=O) groups excluding carboxylic acids is 1. The van der Waals surface area contributed by atoms with Gasteiger partial charge in [-0.05, 0) is 47.2 Å². The zero-order valence-corrected chi connectivity index (χ0v) is 12.0. The number of rotatable bonds is 1. The SMILES string of the molecule is CN1CCCN(c2ccc(I)cc2N)CC1=O. The molecule has 0 spiro atoms. The van der Waals surface area contributed by atoms with E-state index in [1.165, 1.54) is 0 Å². The Kier molecular flexibility index (Phi) is 3.76. The third-order valence-corrected chi connectivity index (χ3v) is 3.67. The van der Waals surface area contributed by atoms with E-state index in [0.29, 0.717) is 6.54 Å². The number of carbonyl (C=O) groups is 1. The quantitative estimate of drug-likeness (QED) is 0.621. The van der Waals surface area contributed by atoms with Crippen LogP contribution in [-0.2, 0) is 4.79 Å². The molecule has 2 N–H and O–H groups in total. The summed E-state index contributed by atoms with van der Waals surface area (Å²) in [5, 5.41) is 0. The lowest BCUT2D eigenvalue weighted by Gasteiger charge is -2.23. The lowest BCUT2D eigenvalue weighted by Crippen LogP contribution is -2.34. The molecule has 1 heterocycles. The third kappa shape index (κ3) is 2.83. The van der Waals surface area contributed by atoms with Crippen molar-refractivity contribution < 1.29 is 4.79 Å². The summed E-state index contributed by atoms with van der Waals surface area (Å²) in [5.74, 6) is 0.153. The molecule has 1 amide bonds. The first-order chi connectivity index (χ1) is 8.08. The van der Waals surface area contributed by atoms with Crippen LogP contribution in [0.2, 0.25) is 0 Å². The van der Waals surface area contributed by atoms with Crippen LogP contribution in [0.1, 0.15) is 6.42 Å². The molecule has 1 aliphatic rings. The second kappa shape index (κ2) is 5.12. The summed E-state index contributed by atoms with van der Waals surface area (Å²) in [6, 6.07) is 5.95. The van der Waals surface area contributed by atoms with Crippen molar-refractivity contribution in [2.75, 3.05) is 37.3 Å². The number of anilines is 2. The maximum atomic E-state index is 11.8. The standard InChI is InChI=1S/C12H16IN3O/c1-15-5-2-6-16(8-12(15)17)11-4-3-9(13)7-10(11)14/h3-4,7H,2,5-6,8,14H2,1H3. The molecule has 4 nitrogen and oxygen atoms in total. The average molecular weight is 345 g/mol. The van der Waals surface area contributed by atoms with Crippen LogP contribution in [0, 0.1) is 3.57 Å². The fourth-order valence-electron chi connectivity index (χ4n) is 2.01. The number of nitrogen functional groups attached to an aromatic ring is 1. The Balaban J connectivity index is 2.24. The van der Waals surface area contributed by atoms with Crippen LogP contribution in [0.5, 0.6) is 0 Å². The second-order valence-corrected chi connectivity index (χ2v) is 5.54. The second-order valence-electron chi connectivity index (χ2n) is 4.29. The van der Waals surface area contributed by atoms with E-state index in [1.807, 2.05) is 25.2 Å². The smallest absolute Gasteiger partial charge is 0.241 e. The van der Waals surface area contributed by atoms with E-state index in [1.54, 1.807) is 4.90 Å². The minimum Gasteiger partial charge on any atom is -0.397 e. The van der Waals surface area contributed by atoms with Gasteiger partial charge >= 0.3 is 0 Å². The molecule has 1 fully saturated rings.